The van der Waals surface area contributed by atoms with E-state index in [2.05, 4.69) is 17.0 Å². The molecule has 28 heavy (non-hydrogen) atoms. The molecule has 0 N–H and O–H groups in total. The Morgan fingerprint density at radius 2 is 1.54 bits per heavy atom. The number of carbonyl (C=O) groups excluding carboxylic acids is 1. The van der Waals surface area contributed by atoms with E-state index in [9.17, 15) is 13.2 Å². The molecule has 1 aliphatic heterocycles. The summed E-state index contributed by atoms with van der Waals surface area (Å²) in [6, 6.07) is 14.6. The van der Waals surface area contributed by atoms with Gasteiger partial charge in [0.05, 0.1) is 11.4 Å². The summed E-state index contributed by atoms with van der Waals surface area (Å²) in [5, 5.41) is 0. The van der Waals surface area contributed by atoms with Crippen molar-refractivity contribution in [3.8, 4) is 0 Å². The molecule has 1 heterocycles. The second-order valence-electron chi connectivity index (χ2n) is 7.61. The van der Waals surface area contributed by atoms with Crippen LogP contribution in [-0.4, -0.2) is 56.1 Å². The molecule has 5 nitrogen and oxygen atoms in total. The number of sulfonamides is 1. The second-order valence-corrected chi connectivity index (χ2v) is 9.54. The smallest absolute Gasteiger partial charge is 0.243 e. The van der Waals surface area contributed by atoms with Crippen LogP contribution in [0.1, 0.15) is 34.3 Å². The molecule has 6 heteroatoms. The Morgan fingerprint density at radius 3 is 2.25 bits per heavy atom. The largest absolute Gasteiger partial charge is 0.293 e. The molecule has 1 saturated heterocycles. The van der Waals surface area contributed by atoms with Gasteiger partial charge in [-0.15, -0.1) is 0 Å². The van der Waals surface area contributed by atoms with E-state index in [-0.39, 0.29) is 5.78 Å². The van der Waals surface area contributed by atoms with Gasteiger partial charge in [0.2, 0.25) is 10.0 Å². The van der Waals surface area contributed by atoms with Gasteiger partial charge in [0.15, 0.2) is 5.78 Å². The molecule has 0 radical (unpaired) electrons. The lowest BCUT2D eigenvalue weighted by molar-refractivity contribution is 0.0901. The summed E-state index contributed by atoms with van der Waals surface area (Å²) in [6.07, 6.45) is 4.60. The molecular formula is C22H26N2O3S. The van der Waals surface area contributed by atoms with Gasteiger partial charge >= 0.3 is 0 Å². The maximum absolute atomic E-state index is 12.7. The van der Waals surface area contributed by atoms with Crippen LogP contribution in [0.3, 0.4) is 0 Å². The van der Waals surface area contributed by atoms with Crippen molar-refractivity contribution >= 4 is 15.8 Å². The van der Waals surface area contributed by atoms with Gasteiger partial charge in [0.1, 0.15) is 0 Å². The van der Waals surface area contributed by atoms with Gasteiger partial charge in [0, 0.05) is 31.7 Å². The first-order valence-electron chi connectivity index (χ1n) is 9.96. The highest BCUT2D eigenvalue weighted by Crippen LogP contribution is 2.23. The van der Waals surface area contributed by atoms with Gasteiger partial charge in [0.25, 0.3) is 0 Å². The highest BCUT2D eigenvalue weighted by Gasteiger charge is 2.29. The van der Waals surface area contributed by atoms with Crippen molar-refractivity contribution in [2.75, 3.05) is 32.7 Å². The van der Waals surface area contributed by atoms with E-state index in [4.69, 9.17) is 0 Å². The van der Waals surface area contributed by atoms with E-state index < -0.39 is 10.0 Å². The maximum atomic E-state index is 12.7. The van der Waals surface area contributed by atoms with E-state index >= 15 is 0 Å². The van der Waals surface area contributed by atoms with E-state index in [0.29, 0.717) is 37.6 Å². The molecule has 0 aromatic heterocycles. The molecule has 0 bridgehead atoms. The van der Waals surface area contributed by atoms with Crippen LogP contribution >= 0.6 is 0 Å². The molecule has 0 amide bonds. The van der Waals surface area contributed by atoms with E-state index in [1.54, 1.807) is 24.3 Å². The minimum atomic E-state index is -3.45. The van der Waals surface area contributed by atoms with Crippen LogP contribution in [0.15, 0.2) is 53.4 Å². The minimum absolute atomic E-state index is 0.118. The Hall–Kier alpha value is -2.02. The molecular weight excluding hydrogens is 372 g/mol. The number of hydrogen-bond acceptors (Lipinski definition) is 4. The number of benzene rings is 2. The van der Waals surface area contributed by atoms with Gasteiger partial charge in [-0.1, -0.05) is 30.3 Å². The Labute approximate surface area is 167 Å². The first-order chi connectivity index (χ1) is 13.5. The summed E-state index contributed by atoms with van der Waals surface area (Å²) >= 11 is 0. The average molecular weight is 399 g/mol. The highest BCUT2D eigenvalue weighted by molar-refractivity contribution is 7.89. The van der Waals surface area contributed by atoms with E-state index in [0.717, 1.165) is 18.4 Å². The summed E-state index contributed by atoms with van der Waals surface area (Å²) < 4.78 is 26.9. The number of ketones is 1. The molecule has 0 atom stereocenters. The summed E-state index contributed by atoms with van der Waals surface area (Å²) in [5.41, 5.74) is 3.47. The van der Waals surface area contributed by atoms with Gasteiger partial charge in [-0.2, -0.15) is 4.31 Å². The van der Waals surface area contributed by atoms with Crippen molar-refractivity contribution in [2.24, 2.45) is 0 Å². The average Bonchev–Trinajstić information content (AvgIpc) is 2.74. The lowest BCUT2D eigenvalue weighted by Crippen LogP contribution is -2.49. The van der Waals surface area contributed by atoms with Crippen LogP contribution < -0.4 is 0 Å². The zero-order chi connectivity index (χ0) is 19.6. The summed E-state index contributed by atoms with van der Waals surface area (Å²) in [7, 11) is -3.45. The quantitative estimate of drug-likeness (QED) is 0.727. The Morgan fingerprint density at radius 1 is 0.857 bits per heavy atom. The molecule has 1 fully saturated rings. The van der Waals surface area contributed by atoms with Gasteiger partial charge in [-0.3, -0.25) is 9.69 Å². The summed E-state index contributed by atoms with van der Waals surface area (Å²) in [6.45, 7) is 2.31. The summed E-state index contributed by atoms with van der Waals surface area (Å²) in [5.74, 6) is 0.118. The normalized spacial score (nSPS) is 18.6. The Kier molecular flexibility index (Phi) is 5.62. The second kappa shape index (κ2) is 8.15. The first kappa shape index (κ1) is 19.3. The molecule has 2 aromatic carbocycles. The molecule has 2 aliphatic rings. The Balaban J connectivity index is 1.36. The summed E-state index contributed by atoms with van der Waals surface area (Å²) in [4.78, 5) is 15.1. The third-order valence-corrected chi connectivity index (χ3v) is 7.66. The number of hydrogen-bond donors (Lipinski definition) is 0. The van der Waals surface area contributed by atoms with Crippen LogP contribution in [0.4, 0.5) is 0 Å². The number of Topliss-reactive ketones (excluding diaryl/α,β-unsaturated/α-hetero) is 1. The predicted octanol–water partition coefficient (Wildman–Crippen LogP) is 2.75. The lowest BCUT2D eigenvalue weighted by Gasteiger charge is -2.33. The zero-order valence-electron chi connectivity index (χ0n) is 16.0. The SMILES string of the molecule is O=C(CN1CCN(S(=O)(=O)c2ccccc2)CC1)c1ccc2c(c1)CCCC2. The van der Waals surface area contributed by atoms with E-state index in [1.165, 1.54) is 28.3 Å². The predicted molar refractivity (Wildman–Crippen MR) is 109 cm³/mol. The number of carbonyl (C=O) groups is 1. The van der Waals surface area contributed by atoms with Crippen molar-refractivity contribution in [1.82, 2.24) is 9.21 Å². The van der Waals surface area contributed by atoms with Crippen LogP contribution in [0.5, 0.6) is 0 Å². The van der Waals surface area contributed by atoms with Crippen molar-refractivity contribution in [3.05, 3.63) is 65.2 Å². The number of aryl methyl sites for hydroxylation is 2. The van der Waals surface area contributed by atoms with Gasteiger partial charge in [-0.05, 0) is 55.0 Å². The van der Waals surface area contributed by atoms with Crippen molar-refractivity contribution in [1.29, 1.82) is 0 Å². The number of nitrogens with zero attached hydrogens (tertiary/aromatic N) is 2. The van der Waals surface area contributed by atoms with Gasteiger partial charge < -0.3 is 0 Å². The Bertz CT molecular complexity index is 949. The third-order valence-electron chi connectivity index (χ3n) is 5.75. The molecule has 0 saturated carbocycles. The fraction of sp³-hybridized carbons (Fsp3) is 0.409. The first-order valence-corrected chi connectivity index (χ1v) is 11.4. The molecule has 0 spiro atoms. The minimum Gasteiger partial charge on any atom is -0.293 e. The number of piperazine rings is 1. The third kappa shape index (κ3) is 4.04. The van der Waals surface area contributed by atoms with Crippen LogP contribution in [0, 0.1) is 0 Å². The highest BCUT2D eigenvalue weighted by atomic mass is 32.2. The van der Waals surface area contributed by atoms with Crippen molar-refractivity contribution < 1.29 is 13.2 Å². The van der Waals surface area contributed by atoms with Gasteiger partial charge in [-0.25, -0.2) is 8.42 Å². The van der Waals surface area contributed by atoms with Crippen molar-refractivity contribution in [3.63, 3.8) is 0 Å². The molecule has 1 aliphatic carbocycles. The number of rotatable bonds is 5. The standard InChI is InChI=1S/C22H26N2O3S/c25-22(20-11-10-18-6-4-5-7-19(18)16-20)17-23-12-14-24(15-13-23)28(26,27)21-8-2-1-3-9-21/h1-3,8-11,16H,4-7,12-15,17H2. The number of fused-ring (bicyclic) bond motifs is 1. The fourth-order valence-corrected chi connectivity index (χ4v) is 5.51. The lowest BCUT2D eigenvalue weighted by atomic mass is 9.90. The maximum Gasteiger partial charge on any atom is 0.243 e. The molecule has 0 unspecified atom stereocenters. The molecule has 4 rings (SSSR count). The monoisotopic (exact) mass is 398 g/mol. The van der Waals surface area contributed by atoms with Crippen molar-refractivity contribution in [2.45, 2.75) is 30.6 Å². The molecule has 148 valence electrons. The van der Waals surface area contributed by atoms with Crippen LogP contribution in [0.25, 0.3) is 0 Å². The fourth-order valence-electron chi connectivity index (χ4n) is 4.07. The zero-order valence-corrected chi connectivity index (χ0v) is 16.8. The van der Waals surface area contributed by atoms with E-state index in [1.807, 2.05) is 12.1 Å². The van der Waals surface area contributed by atoms with Crippen LogP contribution in [-0.2, 0) is 22.9 Å². The topological polar surface area (TPSA) is 57.7 Å². The molecule has 2 aromatic rings. The van der Waals surface area contributed by atoms with Crippen LogP contribution in [0.2, 0.25) is 0 Å².